The van der Waals surface area contributed by atoms with Crippen LogP contribution in [-0.4, -0.2) is 50.9 Å². The van der Waals surface area contributed by atoms with Gasteiger partial charge in [0, 0.05) is 25.1 Å². The van der Waals surface area contributed by atoms with Crippen LogP contribution in [0.4, 0.5) is 23.4 Å². The van der Waals surface area contributed by atoms with Crippen LogP contribution in [0.15, 0.2) is 18.5 Å². The van der Waals surface area contributed by atoms with E-state index in [4.69, 9.17) is 16.3 Å². The van der Waals surface area contributed by atoms with E-state index in [2.05, 4.69) is 25.7 Å². The van der Waals surface area contributed by atoms with Crippen molar-refractivity contribution in [3.05, 3.63) is 35.0 Å². The number of hydrogen-bond acceptors (Lipinski definition) is 6. The van der Waals surface area contributed by atoms with E-state index in [0.717, 1.165) is 23.8 Å². The molecule has 0 aliphatic heterocycles. The van der Waals surface area contributed by atoms with Crippen molar-refractivity contribution in [1.82, 2.24) is 24.9 Å². The average Bonchev–Trinajstić information content (AvgIpc) is 3.16. The molecule has 2 N–H and O–H groups in total. The molecule has 3 aromatic rings. The lowest BCUT2D eigenvalue weighted by molar-refractivity contribution is -0.138. The molecule has 3 rings (SSSR count). The van der Waals surface area contributed by atoms with E-state index in [-0.39, 0.29) is 46.1 Å². The van der Waals surface area contributed by atoms with Crippen LogP contribution in [0.2, 0.25) is 5.15 Å². The number of fused-ring (bicyclic) bond motifs is 1. The molecule has 0 fully saturated rings. The highest BCUT2D eigenvalue weighted by molar-refractivity contribution is 6.33. The quantitative estimate of drug-likeness (QED) is 0.281. The summed E-state index contributed by atoms with van der Waals surface area (Å²) in [4.78, 5) is 18.8. The van der Waals surface area contributed by atoms with Crippen molar-refractivity contribution in [2.75, 3.05) is 18.5 Å². The number of rotatable bonds is 8. The number of nitrogens with one attached hydrogen (secondary N) is 2. The van der Waals surface area contributed by atoms with Gasteiger partial charge in [-0.25, -0.2) is 4.39 Å². The zero-order valence-corrected chi connectivity index (χ0v) is 18.7. The fourth-order valence-electron chi connectivity index (χ4n) is 3.10. The largest absolute Gasteiger partial charge is 0.493 e. The summed E-state index contributed by atoms with van der Waals surface area (Å²) in [6, 6.07) is 0.659. The Labute approximate surface area is 191 Å². The smallest absolute Gasteiger partial charge is 0.408 e. The molecule has 0 saturated carbocycles. The normalized spacial score (nSPS) is 12.6. The first-order valence-electron chi connectivity index (χ1n) is 9.89. The minimum Gasteiger partial charge on any atom is -0.493 e. The zero-order chi connectivity index (χ0) is 24.3. The highest BCUT2D eigenvalue weighted by atomic mass is 35.5. The van der Waals surface area contributed by atoms with Crippen LogP contribution in [-0.2, 0) is 4.79 Å². The predicted molar refractivity (Wildman–Crippen MR) is 114 cm³/mol. The Kier molecular flexibility index (Phi) is 7.25. The molecule has 0 spiro atoms. The third kappa shape index (κ3) is 5.62. The Morgan fingerprint density at radius 1 is 1.30 bits per heavy atom. The molecular weight excluding hydrogens is 468 g/mol. The molecule has 2 heterocycles. The summed E-state index contributed by atoms with van der Waals surface area (Å²) in [5.74, 6) is -0.949. The van der Waals surface area contributed by atoms with Gasteiger partial charge in [-0.2, -0.15) is 32.8 Å². The summed E-state index contributed by atoms with van der Waals surface area (Å²) in [5, 5.41) is 8.61. The number of benzene rings is 1. The molecule has 1 amide bonds. The molecule has 0 aliphatic rings. The number of carbonyl (C=O) groups is 1. The Morgan fingerprint density at radius 2 is 2.03 bits per heavy atom. The second-order valence-corrected chi connectivity index (χ2v) is 7.65. The zero-order valence-electron chi connectivity index (χ0n) is 17.9. The number of anilines is 1. The summed E-state index contributed by atoms with van der Waals surface area (Å²) in [5.41, 5.74) is 0.225. The van der Waals surface area contributed by atoms with E-state index in [1.54, 1.807) is 6.92 Å². The van der Waals surface area contributed by atoms with Crippen molar-refractivity contribution in [3.8, 4) is 16.9 Å². The number of carbonyl (C=O) groups excluding carboxylic acids is 1. The van der Waals surface area contributed by atoms with Gasteiger partial charge in [-0.1, -0.05) is 11.6 Å². The molecule has 0 saturated heterocycles. The fourth-order valence-corrected chi connectivity index (χ4v) is 3.36. The van der Waals surface area contributed by atoms with Gasteiger partial charge in [0.1, 0.15) is 34.9 Å². The van der Waals surface area contributed by atoms with Gasteiger partial charge in [0.2, 0.25) is 5.91 Å². The summed E-state index contributed by atoms with van der Waals surface area (Å²) in [6.45, 7) is 4.51. The lowest BCUT2D eigenvalue weighted by Gasteiger charge is -2.22. The standard InChI is InChI=1S/C20H21ClF4N6O2/c1-10-7-13(33-6-4-5-26-12(3)32)8-14(22)15(10)16-17(21)30-19-27-9-28-31(19)18(16)29-11(2)20(23,24)25/h7-9,11,29H,4-6H2,1-3H3,(H,26,32)/t11-/m0/s1. The van der Waals surface area contributed by atoms with Crippen LogP contribution in [0.1, 0.15) is 25.8 Å². The van der Waals surface area contributed by atoms with E-state index in [1.807, 2.05) is 0 Å². The minimum absolute atomic E-state index is 0.0437. The van der Waals surface area contributed by atoms with Crippen LogP contribution >= 0.6 is 11.6 Å². The molecule has 2 aromatic heterocycles. The number of nitrogens with zero attached hydrogens (tertiary/aromatic N) is 4. The van der Waals surface area contributed by atoms with Crippen LogP contribution in [0.3, 0.4) is 0 Å². The van der Waals surface area contributed by atoms with Gasteiger partial charge < -0.3 is 15.4 Å². The Morgan fingerprint density at radius 3 is 2.67 bits per heavy atom. The maximum absolute atomic E-state index is 15.2. The number of aromatic nitrogens is 4. The van der Waals surface area contributed by atoms with Gasteiger partial charge >= 0.3 is 6.18 Å². The predicted octanol–water partition coefficient (Wildman–Crippen LogP) is 4.16. The second kappa shape index (κ2) is 9.77. The number of ether oxygens (including phenoxy) is 1. The van der Waals surface area contributed by atoms with Crippen molar-refractivity contribution in [3.63, 3.8) is 0 Å². The molecule has 0 bridgehead atoms. The lowest BCUT2D eigenvalue weighted by atomic mass is 10.0. The molecule has 1 atom stereocenters. The Bertz CT molecular complexity index is 1140. The lowest BCUT2D eigenvalue weighted by Crippen LogP contribution is -2.34. The molecule has 8 nitrogen and oxygen atoms in total. The van der Waals surface area contributed by atoms with E-state index >= 15 is 4.39 Å². The van der Waals surface area contributed by atoms with Crippen LogP contribution in [0, 0.1) is 12.7 Å². The first kappa shape index (κ1) is 24.5. The van der Waals surface area contributed by atoms with Gasteiger partial charge in [0.15, 0.2) is 0 Å². The summed E-state index contributed by atoms with van der Waals surface area (Å²) < 4.78 is 61.6. The summed E-state index contributed by atoms with van der Waals surface area (Å²) in [6.07, 6.45) is -2.97. The highest BCUT2D eigenvalue weighted by Gasteiger charge is 2.37. The molecule has 1 aromatic carbocycles. The number of hydrogen-bond donors (Lipinski definition) is 2. The molecular formula is C20H21ClF4N6O2. The molecule has 0 radical (unpaired) electrons. The number of aryl methyl sites for hydroxylation is 1. The van der Waals surface area contributed by atoms with Crippen molar-refractivity contribution in [2.24, 2.45) is 0 Å². The van der Waals surface area contributed by atoms with Crippen molar-refractivity contribution >= 4 is 29.1 Å². The monoisotopic (exact) mass is 488 g/mol. The van der Waals surface area contributed by atoms with E-state index < -0.39 is 18.0 Å². The molecule has 0 unspecified atom stereocenters. The van der Waals surface area contributed by atoms with Crippen molar-refractivity contribution < 1.29 is 27.1 Å². The van der Waals surface area contributed by atoms with Gasteiger partial charge in [-0.3, -0.25) is 4.79 Å². The SMILES string of the molecule is CC(=O)NCCCOc1cc(C)c(-c2c(Cl)nc3ncnn3c2N[C@@H](C)C(F)(F)F)c(F)c1. The number of halogens is 5. The van der Waals surface area contributed by atoms with Crippen molar-refractivity contribution in [2.45, 2.75) is 39.4 Å². The van der Waals surface area contributed by atoms with Crippen LogP contribution in [0.25, 0.3) is 16.9 Å². The van der Waals surface area contributed by atoms with Crippen molar-refractivity contribution in [1.29, 1.82) is 0 Å². The average molecular weight is 489 g/mol. The van der Waals surface area contributed by atoms with E-state index in [1.165, 1.54) is 13.0 Å². The van der Waals surface area contributed by atoms with Gasteiger partial charge in [0.05, 0.1) is 12.2 Å². The van der Waals surface area contributed by atoms with E-state index in [0.29, 0.717) is 18.5 Å². The molecule has 0 aliphatic carbocycles. The highest BCUT2D eigenvalue weighted by Crippen LogP contribution is 2.40. The first-order valence-corrected chi connectivity index (χ1v) is 10.3. The van der Waals surface area contributed by atoms with Gasteiger partial charge in [-0.15, -0.1) is 0 Å². The molecule has 33 heavy (non-hydrogen) atoms. The molecule has 13 heteroatoms. The Hall–Kier alpha value is -3.15. The topological polar surface area (TPSA) is 93.4 Å². The maximum Gasteiger partial charge on any atom is 0.408 e. The Balaban J connectivity index is 1.99. The van der Waals surface area contributed by atoms with Gasteiger partial charge in [-0.05, 0) is 31.9 Å². The fraction of sp³-hybridized carbons (Fsp3) is 0.400. The second-order valence-electron chi connectivity index (χ2n) is 7.29. The maximum atomic E-state index is 15.2. The summed E-state index contributed by atoms with van der Waals surface area (Å²) in [7, 11) is 0. The van der Waals surface area contributed by atoms with E-state index in [9.17, 15) is 18.0 Å². The van der Waals surface area contributed by atoms with Gasteiger partial charge in [0.25, 0.3) is 5.78 Å². The third-order valence-corrected chi connectivity index (χ3v) is 4.98. The van der Waals surface area contributed by atoms with Crippen LogP contribution in [0.5, 0.6) is 5.75 Å². The van der Waals surface area contributed by atoms with Crippen LogP contribution < -0.4 is 15.4 Å². The number of alkyl halides is 3. The first-order chi connectivity index (χ1) is 15.5. The minimum atomic E-state index is -4.58. The third-order valence-electron chi connectivity index (χ3n) is 4.70. The molecule has 178 valence electrons. The summed E-state index contributed by atoms with van der Waals surface area (Å²) >= 11 is 6.28. The number of amides is 1.